The Kier molecular flexibility index (Phi) is 5.38. The maximum absolute atomic E-state index is 12.8. The van der Waals surface area contributed by atoms with Crippen LogP contribution in [0.1, 0.15) is 43.6 Å². The van der Waals surface area contributed by atoms with Crippen LogP contribution in [-0.2, 0) is 21.9 Å². The molecular weight excluding hydrogens is 456 g/mol. The van der Waals surface area contributed by atoms with Crippen molar-refractivity contribution in [2.45, 2.75) is 38.0 Å². The predicted molar refractivity (Wildman–Crippen MR) is 132 cm³/mol. The molecule has 0 aliphatic heterocycles. The number of carbonyl (C=O) groups excluding carboxylic acids is 1. The zero-order valence-electron chi connectivity index (χ0n) is 19.4. The lowest BCUT2D eigenvalue weighted by Crippen LogP contribution is -2.26. The van der Waals surface area contributed by atoms with Crippen molar-refractivity contribution in [1.29, 1.82) is 0 Å². The Hall–Kier alpha value is -3.34. The zero-order valence-corrected chi connectivity index (χ0v) is 20.2. The summed E-state index contributed by atoms with van der Waals surface area (Å²) in [5.74, 6) is 0.642. The molecule has 34 heavy (non-hydrogen) atoms. The molecule has 1 amide bonds. The monoisotopic (exact) mass is 484 g/mol. The van der Waals surface area contributed by atoms with Crippen LogP contribution in [-0.4, -0.2) is 42.4 Å². The molecule has 0 unspecified atom stereocenters. The van der Waals surface area contributed by atoms with Crippen molar-refractivity contribution in [1.82, 2.24) is 14.8 Å². The number of anilines is 4. The Morgan fingerprint density at radius 2 is 1.91 bits per heavy atom. The fraction of sp³-hybridized carbons (Fsp3) is 0.435. The quantitative estimate of drug-likeness (QED) is 0.473. The number of fused-ring (bicyclic) bond motifs is 1. The summed E-state index contributed by atoms with van der Waals surface area (Å²) in [6.45, 7) is 0. The van der Waals surface area contributed by atoms with E-state index in [1.54, 1.807) is 13.1 Å². The van der Waals surface area contributed by atoms with Gasteiger partial charge < -0.3 is 10.6 Å². The third kappa shape index (κ3) is 4.15. The molecule has 5 rings (SSSR count). The van der Waals surface area contributed by atoms with Crippen molar-refractivity contribution in [3.63, 3.8) is 0 Å². The normalized spacial score (nSPS) is 16.3. The summed E-state index contributed by atoms with van der Waals surface area (Å²) < 4.78 is 27.4. The first-order valence-corrected chi connectivity index (χ1v) is 13.2. The van der Waals surface area contributed by atoms with E-state index in [2.05, 4.69) is 20.7 Å². The number of sulfonamides is 1. The molecule has 2 fully saturated rings. The van der Waals surface area contributed by atoms with Gasteiger partial charge in [0, 0.05) is 26.1 Å². The second kappa shape index (κ2) is 8.15. The van der Waals surface area contributed by atoms with Gasteiger partial charge in [0.1, 0.15) is 11.2 Å². The number of carbonyl (C=O) groups is 1. The maximum Gasteiger partial charge on any atom is 0.277 e. The van der Waals surface area contributed by atoms with Crippen LogP contribution in [0.2, 0.25) is 0 Å². The van der Waals surface area contributed by atoms with E-state index in [1.165, 1.54) is 22.5 Å². The number of aromatic nitrogens is 3. The van der Waals surface area contributed by atoms with E-state index in [-0.39, 0.29) is 17.4 Å². The third-order valence-electron chi connectivity index (χ3n) is 6.72. The standard InChI is InChI=1S/C23H28N6O4S/c1-28-23(31)20-17(12-19(25-21(20)27-28)26-22(30)14-7-8-14)24-16-10-9-15(13-5-4-6-13)11-18(16)29(2)34(3,32)33/h9-14H,4-8H2,1-3H3,(H3,24,25,26,27,30). The van der Waals surface area contributed by atoms with Gasteiger partial charge in [0.05, 0.1) is 23.3 Å². The molecular formula is C23H28N6O4S. The molecule has 2 heterocycles. The Morgan fingerprint density at radius 1 is 1.18 bits per heavy atom. The summed E-state index contributed by atoms with van der Waals surface area (Å²) in [7, 11) is -0.420. The number of amides is 1. The van der Waals surface area contributed by atoms with Crippen LogP contribution in [0.4, 0.5) is 22.9 Å². The minimum atomic E-state index is -3.52. The molecule has 10 nitrogen and oxygen atoms in total. The second-order valence-electron chi connectivity index (χ2n) is 9.28. The Balaban J connectivity index is 1.60. The number of benzene rings is 1. The lowest BCUT2D eigenvalue weighted by atomic mass is 9.80. The molecule has 0 bridgehead atoms. The minimum absolute atomic E-state index is 0.00204. The van der Waals surface area contributed by atoms with E-state index in [1.807, 2.05) is 18.2 Å². The van der Waals surface area contributed by atoms with Crippen LogP contribution in [0.5, 0.6) is 0 Å². The van der Waals surface area contributed by atoms with Crippen molar-refractivity contribution >= 4 is 49.8 Å². The molecule has 3 N–H and O–H groups in total. The van der Waals surface area contributed by atoms with Gasteiger partial charge in [0.25, 0.3) is 5.56 Å². The predicted octanol–water partition coefficient (Wildman–Crippen LogP) is 3.02. The molecule has 180 valence electrons. The Labute approximate surface area is 197 Å². The largest absolute Gasteiger partial charge is 0.353 e. The summed E-state index contributed by atoms with van der Waals surface area (Å²) >= 11 is 0. The molecule has 2 saturated carbocycles. The summed E-state index contributed by atoms with van der Waals surface area (Å²) in [5, 5.41) is 9.31. The van der Waals surface area contributed by atoms with Gasteiger partial charge in [-0.15, -0.1) is 0 Å². The van der Waals surface area contributed by atoms with E-state index >= 15 is 0 Å². The van der Waals surface area contributed by atoms with Crippen molar-refractivity contribution in [2.75, 3.05) is 28.2 Å². The van der Waals surface area contributed by atoms with E-state index < -0.39 is 10.0 Å². The second-order valence-corrected chi connectivity index (χ2v) is 11.3. The van der Waals surface area contributed by atoms with Crippen molar-refractivity contribution in [2.24, 2.45) is 13.0 Å². The van der Waals surface area contributed by atoms with E-state index in [0.717, 1.165) is 37.5 Å². The van der Waals surface area contributed by atoms with Gasteiger partial charge in [-0.05, 0) is 49.3 Å². The Bertz CT molecular complexity index is 1450. The molecule has 0 saturated heterocycles. The maximum atomic E-state index is 12.8. The molecule has 0 spiro atoms. The first-order chi connectivity index (χ1) is 16.1. The number of nitrogens with zero attached hydrogens (tertiary/aromatic N) is 3. The summed E-state index contributed by atoms with van der Waals surface area (Å²) in [5.41, 5.74) is 2.59. The fourth-order valence-corrected chi connectivity index (χ4v) is 4.70. The number of rotatable bonds is 7. The average molecular weight is 485 g/mol. The molecule has 3 aromatic rings. The highest BCUT2D eigenvalue weighted by molar-refractivity contribution is 7.92. The molecule has 2 aliphatic carbocycles. The van der Waals surface area contributed by atoms with Gasteiger partial charge >= 0.3 is 0 Å². The summed E-state index contributed by atoms with van der Waals surface area (Å²) in [6.07, 6.45) is 6.21. The number of hydrogen-bond donors (Lipinski definition) is 3. The van der Waals surface area contributed by atoms with Gasteiger partial charge in [-0.3, -0.25) is 23.7 Å². The molecule has 0 atom stereocenters. The Morgan fingerprint density at radius 3 is 2.53 bits per heavy atom. The number of hydrogen-bond acceptors (Lipinski definition) is 6. The van der Waals surface area contributed by atoms with Crippen LogP contribution < -0.4 is 20.5 Å². The highest BCUT2D eigenvalue weighted by Crippen LogP contribution is 2.41. The molecule has 0 radical (unpaired) electrons. The van der Waals surface area contributed by atoms with E-state index in [4.69, 9.17) is 0 Å². The highest BCUT2D eigenvalue weighted by atomic mass is 32.2. The zero-order chi connectivity index (χ0) is 24.2. The fourth-order valence-electron chi connectivity index (χ4n) is 4.19. The molecule has 2 aromatic heterocycles. The number of pyridine rings is 1. The lowest BCUT2D eigenvalue weighted by Gasteiger charge is -2.28. The van der Waals surface area contributed by atoms with Gasteiger partial charge in [0.15, 0.2) is 5.65 Å². The number of aryl methyl sites for hydroxylation is 1. The SMILES string of the molecule is CN(c1cc(C2CCC2)ccc1Nc1cc(NC(=O)C2CC2)nc2[nH]n(C)c(=O)c12)S(C)(=O)=O. The van der Waals surface area contributed by atoms with Crippen LogP contribution in [0, 0.1) is 5.92 Å². The third-order valence-corrected chi connectivity index (χ3v) is 7.91. The molecule has 2 aliphatic rings. The van der Waals surface area contributed by atoms with Crippen molar-refractivity contribution < 1.29 is 13.2 Å². The van der Waals surface area contributed by atoms with Gasteiger partial charge in [-0.2, -0.15) is 0 Å². The topological polar surface area (TPSA) is 129 Å². The van der Waals surface area contributed by atoms with E-state index in [0.29, 0.717) is 39.8 Å². The summed E-state index contributed by atoms with van der Waals surface area (Å²) in [6, 6.07) is 7.35. The summed E-state index contributed by atoms with van der Waals surface area (Å²) in [4.78, 5) is 29.5. The van der Waals surface area contributed by atoms with Crippen LogP contribution in [0.25, 0.3) is 11.0 Å². The smallest absolute Gasteiger partial charge is 0.277 e. The van der Waals surface area contributed by atoms with Gasteiger partial charge in [-0.25, -0.2) is 13.4 Å². The number of H-pyrrole nitrogens is 1. The average Bonchev–Trinajstić information content (AvgIpc) is 3.53. The van der Waals surface area contributed by atoms with Crippen molar-refractivity contribution in [3.05, 3.63) is 40.2 Å². The van der Waals surface area contributed by atoms with Gasteiger partial charge in [0.2, 0.25) is 15.9 Å². The molecule has 11 heteroatoms. The molecule has 1 aromatic carbocycles. The first kappa shape index (κ1) is 22.5. The highest BCUT2D eigenvalue weighted by Gasteiger charge is 2.30. The van der Waals surface area contributed by atoms with Gasteiger partial charge in [-0.1, -0.05) is 12.5 Å². The number of nitrogens with one attached hydrogen (secondary N) is 3. The lowest BCUT2D eigenvalue weighted by molar-refractivity contribution is -0.117. The van der Waals surface area contributed by atoms with Crippen LogP contribution in [0.15, 0.2) is 29.1 Å². The number of aromatic amines is 1. The van der Waals surface area contributed by atoms with Crippen LogP contribution >= 0.6 is 0 Å². The first-order valence-electron chi connectivity index (χ1n) is 11.4. The van der Waals surface area contributed by atoms with Crippen molar-refractivity contribution in [3.8, 4) is 0 Å². The van der Waals surface area contributed by atoms with Crippen LogP contribution in [0.3, 0.4) is 0 Å². The minimum Gasteiger partial charge on any atom is -0.353 e. The van der Waals surface area contributed by atoms with E-state index in [9.17, 15) is 18.0 Å².